The van der Waals surface area contributed by atoms with Gasteiger partial charge < -0.3 is 9.84 Å². The van der Waals surface area contributed by atoms with Crippen LogP contribution in [0.25, 0.3) is 11.5 Å². The molecule has 0 fully saturated rings. The highest BCUT2D eigenvalue weighted by Gasteiger charge is 2.14. The maximum Gasteiger partial charge on any atom is 0.228 e. The molecule has 0 atom stereocenters. The summed E-state index contributed by atoms with van der Waals surface area (Å²) in [7, 11) is 0. The average Bonchev–Trinajstić information content (AvgIpc) is 2.75. The minimum atomic E-state index is 0.0594. The van der Waals surface area contributed by atoms with Crippen LogP contribution in [0.15, 0.2) is 16.8 Å². The monoisotopic (exact) mass is 314 g/mol. The second-order valence-electron chi connectivity index (χ2n) is 5.42. The first-order valence-electron chi connectivity index (χ1n) is 6.24. The van der Waals surface area contributed by atoms with Crippen molar-refractivity contribution >= 4 is 23.2 Å². The molecule has 0 aromatic carbocycles. The first-order valence-corrected chi connectivity index (χ1v) is 7.00. The van der Waals surface area contributed by atoms with Gasteiger partial charge in [0, 0.05) is 24.7 Å². The molecule has 2 rings (SSSR count). The van der Waals surface area contributed by atoms with Crippen LogP contribution in [0.4, 0.5) is 0 Å². The van der Waals surface area contributed by atoms with Crippen LogP contribution >= 0.6 is 23.2 Å². The van der Waals surface area contributed by atoms with Crippen molar-refractivity contribution in [3.8, 4) is 11.5 Å². The first kappa shape index (κ1) is 15.2. The molecule has 0 spiro atoms. The second kappa shape index (κ2) is 6.08. The molecule has 2 aromatic rings. The van der Waals surface area contributed by atoms with Crippen LogP contribution in [0, 0.1) is 0 Å². The normalized spacial score (nSPS) is 11.8. The van der Waals surface area contributed by atoms with Crippen molar-refractivity contribution in [3.63, 3.8) is 0 Å². The van der Waals surface area contributed by atoms with Gasteiger partial charge in [0.15, 0.2) is 0 Å². The number of nitrogens with one attached hydrogen (secondary N) is 1. The highest BCUT2D eigenvalue weighted by Crippen LogP contribution is 2.25. The van der Waals surface area contributed by atoms with Crippen molar-refractivity contribution in [2.75, 3.05) is 6.54 Å². The Morgan fingerprint density at radius 2 is 2.05 bits per heavy atom. The number of hydrogen-bond acceptors (Lipinski definition) is 5. The van der Waals surface area contributed by atoms with E-state index < -0.39 is 0 Å². The summed E-state index contributed by atoms with van der Waals surface area (Å²) in [5, 5.41) is 8.11. The van der Waals surface area contributed by atoms with Crippen molar-refractivity contribution in [2.45, 2.75) is 32.7 Å². The molecule has 0 saturated heterocycles. The van der Waals surface area contributed by atoms with E-state index in [4.69, 9.17) is 27.7 Å². The Bertz CT molecular complexity index is 592. The minimum absolute atomic E-state index is 0.0594. The Balaban J connectivity index is 2.05. The van der Waals surface area contributed by atoms with Gasteiger partial charge in [-0.25, -0.2) is 4.98 Å². The lowest BCUT2D eigenvalue weighted by atomic mass is 10.1. The molecular formula is C13H16Cl2N4O. The molecular weight excluding hydrogens is 299 g/mol. The standard InChI is InChI=1S/C13H16Cl2N4O/c1-13(2,3)17-5-4-10-18-12(19-20-10)11-9(15)6-8(14)7-16-11/h6-7,17H,4-5H2,1-3H3. The van der Waals surface area contributed by atoms with Crippen molar-refractivity contribution < 1.29 is 4.52 Å². The largest absolute Gasteiger partial charge is 0.339 e. The van der Waals surface area contributed by atoms with E-state index in [1.807, 2.05) is 0 Å². The van der Waals surface area contributed by atoms with E-state index in [-0.39, 0.29) is 5.54 Å². The quantitative estimate of drug-likeness (QED) is 0.937. The van der Waals surface area contributed by atoms with Crippen LogP contribution < -0.4 is 5.32 Å². The number of halogens is 2. The third-order valence-corrected chi connectivity index (χ3v) is 2.98. The fourth-order valence-corrected chi connectivity index (χ4v) is 2.04. The molecule has 0 amide bonds. The Morgan fingerprint density at radius 3 is 2.70 bits per heavy atom. The lowest BCUT2D eigenvalue weighted by Gasteiger charge is -2.19. The van der Waals surface area contributed by atoms with Gasteiger partial charge in [-0.1, -0.05) is 28.4 Å². The molecule has 2 heterocycles. The molecule has 7 heteroatoms. The van der Waals surface area contributed by atoms with Gasteiger partial charge in [0.2, 0.25) is 11.7 Å². The van der Waals surface area contributed by atoms with Gasteiger partial charge >= 0.3 is 0 Å². The predicted molar refractivity (Wildman–Crippen MR) is 79.0 cm³/mol. The Labute approximate surface area is 127 Å². The predicted octanol–water partition coefficient (Wildman–Crippen LogP) is 3.37. The zero-order valence-corrected chi connectivity index (χ0v) is 13.1. The SMILES string of the molecule is CC(C)(C)NCCc1nc(-c2ncc(Cl)cc2Cl)no1. The molecule has 0 aliphatic rings. The Hall–Kier alpha value is -1.17. The highest BCUT2D eigenvalue weighted by atomic mass is 35.5. The van der Waals surface area contributed by atoms with Crippen LogP contribution in [0.5, 0.6) is 0 Å². The van der Waals surface area contributed by atoms with Crippen molar-refractivity contribution in [1.29, 1.82) is 0 Å². The Kier molecular flexibility index (Phi) is 4.62. The summed E-state index contributed by atoms with van der Waals surface area (Å²) in [6.45, 7) is 7.06. The van der Waals surface area contributed by atoms with E-state index >= 15 is 0 Å². The van der Waals surface area contributed by atoms with E-state index in [1.165, 1.54) is 6.20 Å². The molecule has 0 unspecified atom stereocenters. The van der Waals surface area contributed by atoms with Crippen LogP contribution in [0.3, 0.4) is 0 Å². The van der Waals surface area contributed by atoms with E-state index in [1.54, 1.807) is 6.07 Å². The summed E-state index contributed by atoms with van der Waals surface area (Å²) in [6.07, 6.45) is 2.15. The molecule has 108 valence electrons. The first-order chi connectivity index (χ1) is 9.35. The molecule has 0 aliphatic carbocycles. The average molecular weight is 315 g/mol. The maximum absolute atomic E-state index is 6.06. The van der Waals surface area contributed by atoms with E-state index in [9.17, 15) is 0 Å². The molecule has 5 nitrogen and oxygen atoms in total. The van der Waals surface area contributed by atoms with Crippen molar-refractivity contribution in [1.82, 2.24) is 20.4 Å². The van der Waals surface area contributed by atoms with Gasteiger partial charge in [-0.05, 0) is 26.8 Å². The number of nitrogens with zero attached hydrogens (tertiary/aromatic N) is 3. The molecule has 0 aliphatic heterocycles. The Morgan fingerprint density at radius 1 is 1.30 bits per heavy atom. The lowest BCUT2D eigenvalue weighted by molar-refractivity contribution is 0.362. The minimum Gasteiger partial charge on any atom is -0.339 e. The number of rotatable bonds is 4. The van der Waals surface area contributed by atoms with E-state index in [0.717, 1.165) is 6.54 Å². The summed E-state index contributed by atoms with van der Waals surface area (Å²) < 4.78 is 5.19. The van der Waals surface area contributed by atoms with Crippen LogP contribution in [-0.2, 0) is 6.42 Å². The van der Waals surface area contributed by atoms with Crippen LogP contribution in [0.2, 0.25) is 10.0 Å². The van der Waals surface area contributed by atoms with E-state index in [2.05, 4.69) is 41.2 Å². The maximum atomic E-state index is 6.06. The van der Waals surface area contributed by atoms with Gasteiger partial charge in [-0.15, -0.1) is 0 Å². The third-order valence-electron chi connectivity index (χ3n) is 2.48. The fraction of sp³-hybridized carbons (Fsp3) is 0.462. The summed E-state index contributed by atoms with van der Waals surface area (Å²) in [4.78, 5) is 8.40. The fourth-order valence-electron chi connectivity index (χ4n) is 1.58. The molecule has 1 N–H and O–H groups in total. The summed E-state index contributed by atoms with van der Waals surface area (Å²) in [5.41, 5.74) is 0.527. The van der Waals surface area contributed by atoms with Gasteiger partial charge in [-0.2, -0.15) is 4.98 Å². The zero-order valence-electron chi connectivity index (χ0n) is 11.6. The highest BCUT2D eigenvalue weighted by molar-refractivity contribution is 6.35. The van der Waals surface area contributed by atoms with Gasteiger partial charge in [0.05, 0.1) is 10.0 Å². The summed E-state index contributed by atoms with van der Waals surface area (Å²) in [6, 6.07) is 1.60. The van der Waals surface area contributed by atoms with Gasteiger partial charge in [-0.3, -0.25) is 0 Å². The molecule has 20 heavy (non-hydrogen) atoms. The van der Waals surface area contributed by atoms with Gasteiger partial charge in [0.25, 0.3) is 0 Å². The summed E-state index contributed by atoms with van der Waals surface area (Å²) in [5.74, 6) is 0.919. The zero-order chi connectivity index (χ0) is 14.8. The molecule has 0 radical (unpaired) electrons. The molecule has 2 aromatic heterocycles. The van der Waals surface area contributed by atoms with Crippen molar-refractivity contribution in [3.05, 3.63) is 28.2 Å². The summed E-state index contributed by atoms with van der Waals surface area (Å²) >= 11 is 11.9. The molecule has 0 bridgehead atoms. The topological polar surface area (TPSA) is 63.8 Å². The van der Waals surface area contributed by atoms with Crippen LogP contribution in [0.1, 0.15) is 26.7 Å². The number of aromatic nitrogens is 3. The third kappa shape index (κ3) is 4.16. The van der Waals surface area contributed by atoms with E-state index in [0.29, 0.717) is 33.9 Å². The second-order valence-corrected chi connectivity index (χ2v) is 6.27. The van der Waals surface area contributed by atoms with Gasteiger partial charge in [0.1, 0.15) is 5.69 Å². The smallest absolute Gasteiger partial charge is 0.228 e. The number of hydrogen-bond donors (Lipinski definition) is 1. The van der Waals surface area contributed by atoms with Crippen molar-refractivity contribution in [2.24, 2.45) is 0 Å². The van der Waals surface area contributed by atoms with Crippen LogP contribution in [-0.4, -0.2) is 27.2 Å². The number of pyridine rings is 1. The molecule has 0 saturated carbocycles. The lowest BCUT2D eigenvalue weighted by Crippen LogP contribution is -2.37.